The van der Waals surface area contributed by atoms with E-state index >= 15 is 0 Å². The van der Waals surface area contributed by atoms with E-state index in [2.05, 4.69) is 14.8 Å². The van der Waals surface area contributed by atoms with E-state index in [-0.39, 0.29) is 12.1 Å². The van der Waals surface area contributed by atoms with Crippen molar-refractivity contribution < 1.29 is 4.74 Å². The average molecular weight is 258 g/mol. The first kappa shape index (κ1) is 12.3. The van der Waals surface area contributed by atoms with Crippen LogP contribution in [0.15, 0.2) is 30.3 Å². The third kappa shape index (κ3) is 2.27. The molecule has 100 valence electrons. The molecular formula is C14H18N4O. The van der Waals surface area contributed by atoms with Crippen molar-refractivity contribution in [1.82, 2.24) is 14.8 Å². The second kappa shape index (κ2) is 5.11. The van der Waals surface area contributed by atoms with Gasteiger partial charge in [-0.15, -0.1) is 10.2 Å². The zero-order valence-electron chi connectivity index (χ0n) is 11.0. The first-order valence-corrected chi connectivity index (χ1v) is 6.55. The zero-order valence-corrected chi connectivity index (χ0v) is 11.0. The molecule has 0 bridgehead atoms. The third-order valence-electron chi connectivity index (χ3n) is 3.58. The minimum Gasteiger partial charge on any atom is -0.369 e. The van der Waals surface area contributed by atoms with Gasteiger partial charge in [0.1, 0.15) is 11.9 Å². The fraction of sp³-hybridized carbons (Fsp3) is 0.429. The summed E-state index contributed by atoms with van der Waals surface area (Å²) in [5.74, 6) is 1.86. The van der Waals surface area contributed by atoms with Gasteiger partial charge in [0.25, 0.3) is 0 Å². The molecule has 0 radical (unpaired) electrons. The van der Waals surface area contributed by atoms with Gasteiger partial charge in [-0.25, -0.2) is 0 Å². The molecule has 0 saturated carbocycles. The number of nitrogens with zero attached hydrogens (tertiary/aromatic N) is 3. The van der Waals surface area contributed by atoms with Crippen LogP contribution in [0.5, 0.6) is 0 Å². The van der Waals surface area contributed by atoms with Crippen LogP contribution >= 0.6 is 0 Å². The Kier molecular flexibility index (Phi) is 3.31. The number of ether oxygens (including phenoxy) is 1. The second-order valence-corrected chi connectivity index (χ2v) is 4.91. The summed E-state index contributed by atoms with van der Waals surface area (Å²) < 4.78 is 7.72. The predicted octanol–water partition coefficient (Wildman–Crippen LogP) is 1.29. The van der Waals surface area contributed by atoms with Crippen molar-refractivity contribution in [3.05, 3.63) is 47.5 Å². The zero-order chi connectivity index (χ0) is 13.2. The lowest BCUT2D eigenvalue weighted by molar-refractivity contribution is 0.124. The number of aryl methyl sites for hydroxylation is 1. The summed E-state index contributed by atoms with van der Waals surface area (Å²) in [6.07, 6.45) is 1.67. The lowest BCUT2D eigenvalue weighted by atomic mass is 10.1. The fourth-order valence-corrected chi connectivity index (χ4v) is 2.59. The molecule has 2 heterocycles. The van der Waals surface area contributed by atoms with Gasteiger partial charge in [0.2, 0.25) is 0 Å². The summed E-state index contributed by atoms with van der Waals surface area (Å²) >= 11 is 0. The molecule has 0 saturated heterocycles. The number of fused-ring (bicyclic) bond motifs is 1. The van der Waals surface area contributed by atoms with Crippen LogP contribution in [-0.4, -0.2) is 27.9 Å². The van der Waals surface area contributed by atoms with Gasteiger partial charge in [0.05, 0.1) is 0 Å². The lowest BCUT2D eigenvalue weighted by Gasteiger charge is -2.23. The standard InChI is InChI=1S/C14H18N4O/c1-19-13(10-5-3-2-4-6-10)14-17-16-12-8-7-11(15)9-18(12)14/h2-6,11,13H,7-9,15H2,1H3. The number of rotatable bonds is 3. The van der Waals surface area contributed by atoms with Crippen molar-refractivity contribution >= 4 is 0 Å². The lowest BCUT2D eigenvalue weighted by Crippen LogP contribution is -2.33. The molecule has 1 aliphatic rings. The van der Waals surface area contributed by atoms with E-state index in [1.807, 2.05) is 30.3 Å². The number of nitrogens with two attached hydrogens (primary N) is 1. The van der Waals surface area contributed by atoms with Gasteiger partial charge in [-0.3, -0.25) is 0 Å². The highest BCUT2D eigenvalue weighted by Gasteiger charge is 2.26. The van der Waals surface area contributed by atoms with Crippen LogP contribution < -0.4 is 5.73 Å². The van der Waals surface area contributed by atoms with Gasteiger partial charge in [0.15, 0.2) is 5.82 Å². The van der Waals surface area contributed by atoms with Crippen LogP contribution in [0.3, 0.4) is 0 Å². The number of hydrogen-bond acceptors (Lipinski definition) is 4. The SMILES string of the molecule is COC(c1ccccc1)c1nnc2n1CC(N)CC2. The van der Waals surface area contributed by atoms with E-state index in [0.29, 0.717) is 0 Å². The van der Waals surface area contributed by atoms with E-state index in [4.69, 9.17) is 10.5 Å². The van der Waals surface area contributed by atoms with Crippen molar-refractivity contribution in [1.29, 1.82) is 0 Å². The number of aromatic nitrogens is 3. The normalized spacial score (nSPS) is 20.0. The van der Waals surface area contributed by atoms with Crippen LogP contribution in [0.25, 0.3) is 0 Å². The first-order valence-electron chi connectivity index (χ1n) is 6.55. The van der Waals surface area contributed by atoms with Crippen LogP contribution in [0.2, 0.25) is 0 Å². The van der Waals surface area contributed by atoms with Gasteiger partial charge < -0.3 is 15.0 Å². The summed E-state index contributed by atoms with van der Waals surface area (Å²) in [6, 6.07) is 10.2. The molecule has 0 fully saturated rings. The minimum atomic E-state index is -0.187. The average Bonchev–Trinajstić information content (AvgIpc) is 2.84. The second-order valence-electron chi connectivity index (χ2n) is 4.91. The van der Waals surface area contributed by atoms with Crippen molar-refractivity contribution in [2.45, 2.75) is 31.5 Å². The number of hydrogen-bond donors (Lipinski definition) is 1. The van der Waals surface area contributed by atoms with Crippen molar-refractivity contribution in [2.24, 2.45) is 5.73 Å². The fourth-order valence-electron chi connectivity index (χ4n) is 2.59. The third-order valence-corrected chi connectivity index (χ3v) is 3.58. The Bertz CT molecular complexity index is 552. The summed E-state index contributed by atoms with van der Waals surface area (Å²) in [4.78, 5) is 0. The molecule has 3 rings (SSSR count). The summed E-state index contributed by atoms with van der Waals surface area (Å²) in [6.45, 7) is 0.768. The maximum atomic E-state index is 6.04. The quantitative estimate of drug-likeness (QED) is 0.901. The van der Waals surface area contributed by atoms with Crippen LogP contribution in [0.4, 0.5) is 0 Å². The van der Waals surface area contributed by atoms with Crippen LogP contribution in [0, 0.1) is 0 Å². The monoisotopic (exact) mass is 258 g/mol. The molecule has 19 heavy (non-hydrogen) atoms. The summed E-state index contributed by atoms with van der Waals surface area (Å²) in [7, 11) is 1.70. The van der Waals surface area contributed by atoms with Crippen LogP contribution in [-0.2, 0) is 17.7 Å². The Morgan fingerprint density at radius 3 is 2.84 bits per heavy atom. The smallest absolute Gasteiger partial charge is 0.166 e. The Balaban J connectivity index is 1.99. The molecule has 5 nitrogen and oxygen atoms in total. The molecule has 1 aromatic heterocycles. The number of methoxy groups -OCH3 is 1. The Labute approximate surface area is 112 Å². The molecule has 2 unspecified atom stereocenters. The molecule has 1 aliphatic heterocycles. The highest BCUT2D eigenvalue weighted by atomic mass is 16.5. The van der Waals surface area contributed by atoms with E-state index in [1.54, 1.807) is 7.11 Å². The van der Waals surface area contributed by atoms with E-state index in [0.717, 1.165) is 36.6 Å². The molecule has 2 aromatic rings. The van der Waals surface area contributed by atoms with E-state index < -0.39 is 0 Å². The Morgan fingerprint density at radius 2 is 2.11 bits per heavy atom. The van der Waals surface area contributed by atoms with E-state index in [1.165, 1.54) is 0 Å². The molecule has 1 aromatic carbocycles. The highest BCUT2D eigenvalue weighted by molar-refractivity contribution is 5.24. The Morgan fingerprint density at radius 1 is 1.32 bits per heavy atom. The highest BCUT2D eigenvalue weighted by Crippen LogP contribution is 2.26. The minimum absolute atomic E-state index is 0.176. The number of benzene rings is 1. The largest absolute Gasteiger partial charge is 0.369 e. The van der Waals surface area contributed by atoms with Crippen LogP contribution in [0.1, 0.15) is 29.7 Å². The molecular weight excluding hydrogens is 240 g/mol. The molecule has 2 N–H and O–H groups in total. The van der Waals surface area contributed by atoms with Gasteiger partial charge in [-0.05, 0) is 12.0 Å². The maximum Gasteiger partial charge on any atom is 0.166 e. The predicted molar refractivity (Wildman–Crippen MR) is 71.6 cm³/mol. The molecule has 0 aliphatic carbocycles. The van der Waals surface area contributed by atoms with E-state index in [9.17, 15) is 0 Å². The maximum absolute atomic E-state index is 6.04. The topological polar surface area (TPSA) is 66.0 Å². The van der Waals surface area contributed by atoms with Gasteiger partial charge in [0, 0.05) is 26.1 Å². The Hall–Kier alpha value is -1.72. The first-order chi connectivity index (χ1) is 9.29. The molecule has 0 spiro atoms. The van der Waals surface area contributed by atoms with Crippen molar-refractivity contribution in [2.75, 3.05) is 7.11 Å². The molecule has 5 heteroatoms. The van der Waals surface area contributed by atoms with Crippen molar-refractivity contribution in [3.63, 3.8) is 0 Å². The van der Waals surface area contributed by atoms with Gasteiger partial charge in [-0.2, -0.15) is 0 Å². The van der Waals surface area contributed by atoms with Crippen molar-refractivity contribution in [3.8, 4) is 0 Å². The molecule has 2 atom stereocenters. The summed E-state index contributed by atoms with van der Waals surface area (Å²) in [5.41, 5.74) is 7.12. The summed E-state index contributed by atoms with van der Waals surface area (Å²) in [5, 5.41) is 8.58. The van der Waals surface area contributed by atoms with Gasteiger partial charge in [-0.1, -0.05) is 30.3 Å². The van der Waals surface area contributed by atoms with Gasteiger partial charge >= 0.3 is 0 Å². The molecule has 0 amide bonds.